The number of hydrogen-bond donors (Lipinski definition) is 1. The SMILES string of the molecule is Cc1ccc(CN2CCCC(c3nc(C(=O)O)cs3)C2)cc1C1CC1. The summed E-state index contributed by atoms with van der Waals surface area (Å²) < 4.78 is 0. The minimum Gasteiger partial charge on any atom is -0.476 e. The molecule has 1 aliphatic carbocycles. The Balaban J connectivity index is 1.44. The molecule has 0 spiro atoms. The van der Waals surface area contributed by atoms with Crippen LogP contribution in [0, 0.1) is 6.92 Å². The predicted octanol–water partition coefficient (Wildman–Crippen LogP) is 4.41. The first kappa shape index (κ1) is 16.7. The molecule has 0 radical (unpaired) electrons. The highest BCUT2D eigenvalue weighted by Crippen LogP contribution is 2.42. The molecule has 1 atom stereocenters. The van der Waals surface area contributed by atoms with E-state index in [2.05, 4.69) is 35.0 Å². The van der Waals surface area contributed by atoms with Crippen LogP contribution in [0.2, 0.25) is 0 Å². The number of rotatable bonds is 5. The van der Waals surface area contributed by atoms with Crippen LogP contribution in [0.4, 0.5) is 0 Å². The van der Waals surface area contributed by atoms with Crippen LogP contribution in [0.25, 0.3) is 0 Å². The van der Waals surface area contributed by atoms with Gasteiger partial charge >= 0.3 is 5.97 Å². The molecule has 1 N–H and O–H groups in total. The summed E-state index contributed by atoms with van der Waals surface area (Å²) in [4.78, 5) is 17.9. The van der Waals surface area contributed by atoms with Crippen molar-refractivity contribution >= 4 is 17.3 Å². The van der Waals surface area contributed by atoms with Crippen molar-refractivity contribution in [1.82, 2.24) is 9.88 Å². The second-order valence-corrected chi connectivity index (χ2v) is 8.31. The molecule has 2 aliphatic rings. The van der Waals surface area contributed by atoms with Crippen molar-refractivity contribution in [1.29, 1.82) is 0 Å². The van der Waals surface area contributed by atoms with E-state index in [0.29, 0.717) is 5.92 Å². The number of benzene rings is 1. The summed E-state index contributed by atoms with van der Waals surface area (Å²) in [5, 5.41) is 11.7. The molecular formula is C20H24N2O2S. The van der Waals surface area contributed by atoms with Crippen molar-refractivity contribution in [2.24, 2.45) is 0 Å². The second-order valence-electron chi connectivity index (χ2n) is 7.42. The lowest BCUT2D eigenvalue weighted by molar-refractivity contribution is 0.0691. The first-order valence-corrected chi connectivity index (χ1v) is 9.98. The van der Waals surface area contributed by atoms with E-state index in [0.717, 1.165) is 43.4 Å². The smallest absolute Gasteiger partial charge is 0.355 e. The minimum atomic E-state index is -0.928. The summed E-state index contributed by atoms with van der Waals surface area (Å²) in [5.41, 5.74) is 4.55. The zero-order valence-corrected chi connectivity index (χ0v) is 15.4. The van der Waals surface area contributed by atoms with Crippen molar-refractivity contribution in [2.45, 2.75) is 51.0 Å². The third-order valence-corrected chi connectivity index (χ3v) is 6.37. The quantitative estimate of drug-likeness (QED) is 0.862. The van der Waals surface area contributed by atoms with Gasteiger partial charge < -0.3 is 5.11 Å². The number of aromatic nitrogens is 1. The van der Waals surface area contributed by atoms with Gasteiger partial charge in [0.2, 0.25) is 0 Å². The van der Waals surface area contributed by atoms with Gasteiger partial charge in [0, 0.05) is 24.4 Å². The third kappa shape index (κ3) is 3.77. The molecule has 2 fully saturated rings. The van der Waals surface area contributed by atoms with E-state index >= 15 is 0 Å². The molecular weight excluding hydrogens is 332 g/mol. The number of carboxylic acids is 1. The first-order chi connectivity index (χ1) is 12.1. The van der Waals surface area contributed by atoms with Gasteiger partial charge in [-0.2, -0.15) is 0 Å². The van der Waals surface area contributed by atoms with Crippen LogP contribution < -0.4 is 0 Å². The lowest BCUT2D eigenvalue weighted by Gasteiger charge is -2.32. The Kier molecular flexibility index (Phi) is 4.61. The van der Waals surface area contributed by atoms with Gasteiger partial charge in [0.1, 0.15) is 0 Å². The highest BCUT2D eigenvalue weighted by atomic mass is 32.1. The molecule has 1 aromatic heterocycles. The molecule has 2 aromatic rings. The zero-order valence-electron chi connectivity index (χ0n) is 14.6. The average molecular weight is 356 g/mol. The molecule has 4 nitrogen and oxygen atoms in total. The van der Waals surface area contributed by atoms with Gasteiger partial charge in [0.05, 0.1) is 5.01 Å². The topological polar surface area (TPSA) is 53.4 Å². The maximum Gasteiger partial charge on any atom is 0.355 e. The van der Waals surface area contributed by atoms with Crippen LogP contribution in [0.15, 0.2) is 23.6 Å². The second kappa shape index (κ2) is 6.89. The Morgan fingerprint density at radius 3 is 2.88 bits per heavy atom. The third-order valence-electron chi connectivity index (χ3n) is 5.36. The van der Waals surface area contributed by atoms with E-state index in [4.69, 9.17) is 5.11 Å². The van der Waals surface area contributed by atoms with Gasteiger partial charge in [-0.1, -0.05) is 18.2 Å². The monoisotopic (exact) mass is 356 g/mol. The number of nitrogens with zero attached hydrogens (tertiary/aromatic N) is 2. The summed E-state index contributed by atoms with van der Waals surface area (Å²) in [6.07, 6.45) is 4.93. The number of aryl methyl sites for hydroxylation is 1. The minimum absolute atomic E-state index is 0.185. The Morgan fingerprint density at radius 2 is 2.16 bits per heavy atom. The fraction of sp³-hybridized carbons (Fsp3) is 0.500. The fourth-order valence-electron chi connectivity index (χ4n) is 3.85. The summed E-state index contributed by atoms with van der Waals surface area (Å²) in [5.74, 6) is 0.224. The van der Waals surface area contributed by atoms with Gasteiger partial charge in [-0.15, -0.1) is 11.3 Å². The van der Waals surface area contributed by atoms with E-state index in [1.807, 2.05) is 0 Å². The lowest BCUT2D eigenvalue weighted by atomic mass is 9.97. The van der Waals surface area contributed by atoms with Crippen molar-refractivity contribution < 1.29 is 9.90 Å². The molecule has 4 rings (SSSR count). The van der Waals surface area contributed by atoms with Crippen LogP contribution in [0.3, 0.4) is 0 Å². The Hall–Kier alpha value is -1.72. The van der Waals surface area contributed by atoms with Crippen molar-refractivity contribution in [3.8, 4) is 0 Å². The Bertz CT molecular complexity index is 782. The number of piperidine rings is 1. The first-order valence-electron chi connectivity index (χ1n) is 9.10. The molecule has 132 valence electrons. The molecule has 1 aliphatic heterocycles. The highest BCUT2D eigenvalue weighted by molar-refractivity contribution is 7.09. The highest BCUT2D eigenvalue weighted by Gasteiger charge is 2.27. The van der Waals surface area contributed by atoms with Gasteiger partial charge in [-0.25, -0.2) is 9.78 Å². The summed E-state index contributed by atoms with van der Waals surface area (Å²) in [6.45, 7) is 5.28. The molecule has 2 heterocycles. The van der Waals surface area contributed by atoms with Gasteiger partial charge in [-0.05, 0) is 61.8 Å². The average Bonchev–Trinajstić information content (AvgIpc) is 3.32. The molecule has 1 saturated carbocycles. The molecule has 0 amide bonds. The Labute approximate surface area is 152 Å². The van der Waals surface area contributed by atoms with Crippen LogP contribution in [0.1, 0.15) is 69.7 Å². The lowest BCUT2D eigenvalue weighted by Crippen LogP contribution is -2.33. The van der Waals surface area contributed by atoms with Crippen LogP contribution >= 0.6 is 11.3 Å². The van der Waals surface area contributed by atoms with E-state index in [1.165, 1.54) is 40.9 Å². The predicted molar refractivity (Wildman–Crippen MR) is 99.5 cm³/mol. The number of aromatic carboxylic acids is 1. The standard InChI is InChI=1S/C20H24N2O2S/c1-13-4-5-14(9-17(13)15-6-7-15)10-22-8-2-3-16(11-22)19-21-18(12-25-19)20(23)24/h4-5,9,12,15-16H,2-3,6-8,10-11H2,1H3,(H,23,24). The van der Waals surface area contributed by atoms with Gasteiger partial charge in [-0.3, -0.25) is 4.90 Å². The number of carbonyl (C=O) groups is 1. The van der Waals surface area contributed by atoms with Gasteiger partial charge in [0.25, 0.3) is 0 Å². The number of likely N-dealkylation sites (tertiary alicyclic amines) is 1. The largest absolute Gasteiger partial charge is 0.476 e. The summed E-state index contributed by atoms with van der Waals surface area (Å²) in [6, 6.07) is 6.93. The molecule has 1 unspecified atom stereocenters. The van der Waals surface area contributed by atoms with E-state index in [9.17, 15) is 4.79 Å². The van der Waals surface area contributed by atoms with E-state index in [-0.39, 0.29) is 5.69 Å². The van der Waals surface area contributed by atoms with Crippen LogP contribution in [0.5, 0.6) is 0 Å². The van der Waals surface area contributed by atoms with Crippen LogP contribution in [-0.4, -0.2) is 34.0 Å². The summed E-state index contributed by atoms with van der Waals surface area (Å²) >= 11 is 1.49. The van der Waals surface area contributed by atoms with Crippen LogP contribution in [-0.2, 0) is 6.54 Å². The van der Waals surface area contributed by atoms with E-state index < -0.39 is 5.97 Å². The van der Waals surface area contributed by atoms with Gasteiger partial charge in [0.15, 0.2) is 5.69 Å². The number of hydrogen-bond acceptors (Lipinski definition) is 4. The Morgan fingerprint density at radius 1 is 1.32 bits per heavy atom. The number of carboxylic acid groups (broad SMARTS) is 1. The molecule has 25 heavy (non-hydrogen) atoms. The molecule has 1 aromatic carbocycles. The molecule has 1 saturated heterocycles. The van der Waals surface area contributed by atoms with E-state index in [1.54, 1.807) is 5.38 Å². The molecule has 0 bridgehead atoms. The number of thiazole rings is 1. The van der Waals surface area contributed by atoms with Crippen molar-refractivity contribution in [3.63, 3.8) is 0 Å². The normalized spacial score (nSPS) is 21.4. The van der Waals surface area contributed by atoms with Crippen molar-refractivity contribution in [3.05, 3.63) is 51.0 Å². The zero-order chi connectivity index (χ0) is 17.4. The molecule has 5 heteroatoms. The summed E-state index contributed by atoms with van der Waals surface area (Å²) in [7, 11) is 0. The maximum absolute atomic E-state index is 11.1. The maximum atomic E-state index is 11.1. The van der Waals surface area contributed by atoms with Crippen molar-refractivity contribution in [2.75, 3.05) is 13.1 Å². The fourth-order valence-corrected chi connectivity index (χ4v) is 4.78.